The van der Waals surface area contributed by atoms with Crippen molar-refractivity contribution in [2.24, 2.45) is 10.6 Å². The summed E-state index contributed by atoms with van der Waals surface area (Å²) in [5.74, 6) is 0.450. The van der Waals surface area contributed by atoms with Crippen LogP contribution in [0, 0.1) is 5.41 Å². The highest BCUT2D eigenvalue weighted by molar-refractivity contribution is 9.10. The molecule has 0 aliphatic heterocycles. The monoisotopic (exact) mass is 246 g/mol. The summed E-state index contributed by atoms with van der Waals surface area (Å²) >= 11 is 3.12. The Kier molecular flexibility index (Phi) is 2.70. The van der Waals surface area contributed by atoms with Crippen molar-refractivity contribution in [3.63, 3.8) is 0 Å². The van der Waals surface area contributed by atoms with Crippen LogP contribution in [-0.4, -0.2) is 25.8 Å². The van der Waals surface area contributed by atoms with E-state index < -0.39 is 0 Å². The molecule has 1 N–H and O–H groups in total. The van der Waals surface area contributed by atoms with Crippen molar-refractivity contribution in [3.8, 4) is 0 Å². The molecule has 0 atom stereocenters. The fraction of sp³-hybridized carbons (Fsp3) is 0.571. The first kappa shape index (κ1) is 10.2. The van der Waals surface area contributed by atoms with Crippen LogP contribution in [0.5, 0.6) is 0 Å². The van der Waals surface area contributed by atoms with E-state index in [1.165, 1.54) is 11.0 Å². The third-order valence-electron chi connectivity index (χ3n) is 1.45. The molecule has 5 nitrogen and oxygen atoms in total. The smallest absolute Gasteiger partial charge is 0.217 e. The second kappa shape index (κ2) is 3.45. The van der Waals surface area contributed by atoms with E-state index in [1.54, 1.807) is 0 Å². The van der Waals surface area contributed by atoms with Gasteiger partial charge in [0.05, 0.1) is 0 Å². The van der Waals surface area contributed by atoms with Crippen LogP contribution in [0.2, 0.25) is 0 Å². The Balaban J connectivity index is 3.06. The zero-order chi connectivity index (χ0) is 10.1. The molecule has 0 saturated heterocycles. The molecular weight excluding hydrogens is 236 g/mol. The van der Waals surface area contributed by atoms with Crippen LogP contribution >= 0.6 is 15.9 Å². The molecule has 0 radical (unpaired) electrons. The van der Waals surface area contributed by atoms with Crippen LogP contribution in [0.25, 0.3) is 0 Å². The van der Waals surface area contributed by atoms with E-state index >= 15 is 0 Å². The highest BCUT2D eigenvalue weighted by Gasteiger charge is 2.22. The fourth-order valence-corrected chi connectivity index (χ4v) is 1.15. The summed E-state index contributed by atoms with van der Waals surface area (Å²) in [6.45, 7) is 5.78. The van der Waals surface area contributed by atoms with Crippen molar-refractivity contribution in [2.45, 2.75) is 20.8 Å². The van der Waals surface area contributed by atoms with Crippen molar-refractivity contribution in [3.05, 3.63) is 11.1 Å². The van der Waals surface area contributed by atoms with Crippen molar-refractivity contribution in [2.75, 3.05) is 0 Å². The van der Waals surface area contributed by atoms with Gasteiger partial charge in [-0.15, -0.1) is 5.10 Å². The summed E-state index contributed by atoms with van der Waals surface area (Å²) in [5, 5.41) is 16.0. The summed E-state index contributed by atoms with van der Waals surface area (Å²) in [6.07, 6.45) is 1.49. The number of hydrogen-bond donors (Lipinski definition) is 1. The lowest BCUT2D eigenvalue weighted by Gasteiger charge is -2.18. The van der Waals surface area contributed by atoms with Gasteiger partial charge in [-0.3, -0.25) is 0 Å². The lowest BCUT2D eigenvalue weighted by Crippen LogP contribution is -2.28. The largest absolute Gasteiger partial charge is 0.409 e. The van der Waals surface area contributed by atoms with Crippen LogP contribution in [0.1, 0.15) is 20.8 Å². The van der Waals surface area contributed by atoms with E-state index in [1.807, 2.05) is 20.8 Å². The highest BCUT2D eigenvalue weighted by atomic mass is 79.9. The molecule has 72 valence electrons. The summed E-state index contributed by atoms with van der Waals surface area (Å²) in [4.78, 5) is 3.88. The average molecular weight is 247 g/mol. The molecule has 0 spiro atoms. The van der Waals surface area contributed by atoms with Crippen LogP contribution < -0.4 is 0 Å². The highest BCUT2D eigenvalue weighted by Crippen LogP contribution is 2.17. The van der Waals surface area contributed by atoms with E-state index in [9.17, 15) is 0 Å². The van der Waals surface area contributed by atoms with E-state index in [-0.39, 0.29) is 5.41 Å². The van der Waals surface area contributed by atoms with Crippen LogP contribution in [0.15, 0.2) is 16.2 Å². The zero-order valence-corrected chi connectivity index (χ0v) is 9.28. The maximum absolute atomic E-state index is 8.81. The Morgan fingerprint density at radius 3 is 2.54 bits per heavy atom. The number of nitrogens with zero attached hydrogens (tertiary/aromatic N) is 4. The molecule has 1 heterocycles. The van der Waals surface area contributed by atoms with Gasteiger partial charge in [-0.25, -0.2) is 9.67 Å². The molecule has 1 rings (SSSR count). The molecule has 6 heteroatoms. The first-order valence-corrected chi connectivity index (χ1v) is 4.54. The Morgan fingerprint density at radius 1 is 1.62 bits per heavy atom. The van der Waals surface area contributed by atoms with Crippen molar-refractivity contribution in [1.29, 1.82) is 0 Å². The SMILES string of the molecule is CC(C)(C)/C(=N\O)n1cnc(Br)n1. The Morgan fingerprint density at radius 2 is 2.23 bits per heavy atom. The second-order valence-electron chi connectivity index (χ2n) is 3.63. The van der Waals surface area contributed by atoms with Gasteiger partial charge >= 0.3 is 0 Å². The molecule has 1 aromatic heterocycles. The molecule has 13 heavy (non-hydrogen) atoms. The third kappa shape index (κ3) is 2.27. The molecule has 0 aliphatic rings. The van der Waals surface area contributed by atoms with Crippen LogP contribution in [-0.2, 0) is 0 Å². The minimum atomic E-state index is -0.276. The second-order valence-corrected chi connectivity index (χ2v) is 4.34. The number of aromatic nitrogens is 3. The first-order chi connectivity index (χ1) is 5.95. The predicted molar refractivity (Wildman–Crippen MR) is 51.8 cm³/mol. The minimum absolute atomic E-state index is 0.276. The van der Waals surface area contributed by atoms with E-state index in [4.69, 9.17) is 5.21 Å². The Hall–Kier alpha value is -0.910. The molecule has 1 aromatic rings. The quantitative estimate of drug-likeness (QED) is 0.328. The summed E-state index contributed by atoms with van der Waals surface area (Å²) in [7, 11) is 0. The molecule has 0 amide bonds. The molecular formula is C7H11BrN4O. The molecule has 0 saturated carbocycles. The van der Waals surface area contributed by atoms with Crippen molar-refractivity contribution in [1.82, 2.24) is 14.8 Å². The van der Waals surface area contributed by atoms with E-state index in [0.717, 1.165) is 0 Å². The van der Waals surface area contributed by atoms with Gasteiger partial charge in [0, 0.05) is 5.41 Å². The molecule has 0 aliphatic carbocycles. The van der Waals surface area contributed by atoms with E-state index in [0.29, 0.717) is 10.6 Å². The van der Waals surface area contributed by atoms with Gasteiger partial charge in [0.15, 0.2) is 5.84 Å². The van der Waals surface area contributed by atoms with Gasteiger partial charge in [0.25, 0.3) is 0 Å². The van der Waals surface area contributed by atoms with Gasteiger partial charge in [0.1, 0.15) is 6.33 Å². The summed E-state index contributed by atoms with van der Waals surface area (Å²) in [5.41, 5.74) is -0.276. The summed E-state index contributed by atoms with van der Waals surface area (Å²) < 4.78 is 1.90. The van der Waals surface area contributed by atoms with E-state index in [2.05, 4.69) is 31.2 Å². The minimum Gasteiger partial charge on any atom is -0.409 e. The topological polar surface area (TPSA) is 63.3 Å². The number of hydrogen-bond acceptors (Lipinski definition) is 4. The van der Waals surface area contributed by atoms with Crippen LogP contribution in [0.3, 0.4) is 0 Å². The number of halogens is 1. The van der Waals surface area contributed by atoms with Crippen molar-refractivity contribution < 1.29 is 5.21 Å². The Bertz CT molecular complexity index is 325. The average Bonchev–Trinajstić information content (AvgIpc) is 2.34. The maximum Gasteiger partial charge on any atom is 0.217 e. The van der Waals surface area contributed by atoms with Gasteiger partial charge in [-0.1, -0.05) is 25.9 Å². The predicted octanol–water partition coefficient (Wildman–Crippen LogP) is 1.72. The van der Waals surface area contributed by atoms with Gasteiger partial charge in [-0.05, 0) is 15.9 Å². The molecule has 0 aromatic carbocycles. The normalized spacial score (nSPS) is 13.4. The molecule has 0 unspecified atom stereocenters. The number of rotatable bonds is 0. The zero-order valence-electron chi connectivity index (χ0n) is 7.69. The molecule has 0 bridgehead atoms. The lowest BCUT2D eigenvalue weighted by molar-refractivity contribution is 0.306. The first-order valence-electron chi connectivity index (χ1n) is 3.75. The van der Waals surface area contributed by atoms with Crippen LogP contribution in [0.4, 0.5) is 0 Å². The molecule has 0 fully saturated rings. The Labute approximate surface area is 84.6 Å². The lowest BCUT2D eigenvalue weighted by atomic mass is 9.95. The van der Waals surface area contributed by atoms with Gasteiger partial charge in [0.2, 0.25) is 4.73 Å². The summed E-state index contributed by atoms with van der Waals surface area (Å²) in [6, 6.07) is 0. The third-order valence-corrected chi connectivity index (χ3v) is 1.81. The number of oxime groups is 1. The van der Waals surface area contributed by atoms with Gasteiger partial charge < -0.3 is 5.21 Å². The van der Waals surface area contributed by atoms with Gasteiger partial charge in [-0.2, -0.15) is 0 Å². The van der Waals surface area contributed by atoms with Crippen molar-refractivity contribution >= 4 is 21.8 Å². The standard InChI is InChI=1S/C7H11BrN4O/c1-7(2,3)5(11-13)12-4-9-6(8)10-12/h4,13H,1-3H3/b11-5+. The fourth-order valence-electron chi connectivity index (χ4n) is 0.884. The maximum atomic E-state index is 8.81.